The van der Waals surface area contributed by atoms with Gasteiger partial charge in [-0.1, -0.05) is 6.07 Å². The van der Waals surface area contributed by atoms with E-state index in [1.165, 1.54) is 11.3 Å². The fraction of sp³-hybridized carbons (Fsp3) is 0.250. The Labute approximate surface area is 122 Å². The van der Waals surface area contributed by atoms with Crippen molar-refractivity contribution in [2.75, 3.05) is 6.67 Å². The molecule has 20 heavy (non-hydrogen) atoms. The monoisotopic (exact) mass is 314 g/mol. The number of rotatable bonds is 6. The Hall–Kier alpha value is -1.80. The number of thiazole rings is 1. The number of thiophene rings is 1. The molecule has 8 heteroatoms. The maximum Gasteiger partial charge on any atom is 0.328 e. The van der Waals surface area contributed by atoms with E-state index in [2.05, 4.69) is 10.3 Å². The van der Waals surface area contributed by atoms with Crippen molar-refractivity contribution >= 4 is 34.6 Å². The van der Waals surface area contributed by atoms with E-state index in [1.807, 2.05) is 17.5 Å². The quantitative estimate of drug-likeness (QED) is 0.854. The predicted molar refractivity (Wildman–Crippen MR) is 74.7 cm³/mol. The highest BCUT2D eigenvalue weighted by Crippen LogP contribution is 2.27. The molecule has 0 aliphatic carbocycles. The zero-order valence-electron chi connectivity index (χ0n) is 10.2. The van der Waals surface area contributed by atoms with Crippen LogP contribution in [0.25, 0.3) is 9.88 Å². The lowest BCUT2D eigenvalue weighted by Crippen LogP contribution is -2.43. The van der Waals surface area contributed by atoms with Crippen molar-refractivity contribution in [3.63, 3.8) is 0 Å². The predicted octanol–water partition coefficient (Wildman–Crippen LogP) is 1.95. The van der Waals surface area contributed by atoms with Crippen LogP contribution in [0.5, 0.6) is 0 Å². The molecule has 106 valence electrons. The van der Waals surface area contributed by atoms with Crippen LogP contribution in [0, 0.1) is 0 Å². The third-order valence-electron chi connectivity index (χ3n) is 2.41. The Morgan fingerprint density at radius 2 is 2.25 bits per heavy atom. The largest absolute Gasteiger partial charge is 0.480 e. The highest BCUT2D eigenvalue weighted by atomic mass is 32.1. The molecule has 0 aromatic carbocycles. The van der Waals surface area contributed by atoms with Crippen LogP contribution in [0.15, 0.2) is 22.9 Å². The molecule has 0 saturated heterocycles. The average Bonchev–Trinajstić information content (AvgIpc) is 3.05. The van der Waals surface area contributed by atoms with Crippen molar-refractivity contribution in [2.45, 2.75) is 12.5 Å². The number of hydrogen-bond acceptors (Lipinski definition) is 5. The first-order valence-corrected chi connectivity index (χ1v) is 7.42. The van der Waals surface area contributed by atoms with Crippen LogP contribution in [0.4, 0.5) is 4.39 Å². The molecule has 2 aromatic rings. The van der Waals surface area contributed by atoms with Gasteiger partial charge < -0.3 is 10.4 Å². The summed E-state index contributed by atoms with van der Waals surface area (Å²) in [4.78, 5) is 27.5. The average molecular weight is 314 g/mol. The van der Waals surface area contributed by atoms with Gasteiger partial charge in [0.1, 0.15) is 11.7 Å². The molecule has 5 nitrogen and oxygen atoms in total. The second-order valence-electron chi connectivity index (χ2n) is 3.91. The second kappa shape index (κ2) is 6.58. The number of carbonyl (C=O) groups is 2. The first kappa shape index (κ1) is 14.6. The van der Waals surface area contributed by atoms with E-state index in [0.717, 1.165) is 9.88 Å². The highest BCUT2D eigenvalue weighted by Gasteiger charge is 2.20. The number of nitrogens with one attached hydrogen (secondary N) is 1. The summed E-state index contributed by atoms with van der Waals surface area (Å²) in [7, 11) is 0. The van der Waals surface area contributed by atoms with Crippen LogP contribution < -0.4 is 5.32 Å². The van der Waals surface area contributed by atoms with Crippen molar-refractivity contribution < 1.29 is 19.1 Å². The van der Waals surface area contributed by atoms with Crippen molar-refractivity contribution in [3.8, 4) is 9.88 Å². The maximum absolute atomic E-state index is 12.4. The van der Waals surface area contributed by atoms with Crippen molar-refractivity contribution in [1.29, 1.82) is 0 Å². The maximum atomic E-state index is 12.4. The number of carboxylic acids is 1. The van der Waals surface area contributed by atoms with Gasteiger partial charge >= 0.3 is 5.97 Å². The number of amides is 1. The van der Waals surface area contributed by atoms with Gasteiger partial charge in [0.2, 0.25) is 5.91 Å². The minimum atomic E-state index is -1.50. The van der Waals surface area contributed by atoms with Gasteiger partial charge in [-0.05, 0) is 11.4 Å². The zero-order chi connectivity index (χ0) is 14.5. The lowest BCUT2D eigenvalue weighted by Gasteiger charge is -2.09. The Balaban J connectivity index is 1.97. The number of carbonyl (C=O) groups excluding carboxylic acids is 1. The Morgan fingerprint density at radius 3 is 2.85 bits per heavy atom. The van der Waals surface area contributed by atoms with Crippen LogP contribution >= 0.6 is 22.7 Å². The van der Waals surface area contributed by atoms with Crippen LogP contribution in [-0.4, -0.2) is 34.7 Å². The summed E-state index contributed by atoms with van der Waals surface area (Å²) in [6.07, 6.45) is -0.0638. The smallest absolute Gasteiger partial charge is 0.328 e. The molecule has 0 aliphatic heterocycles. The third kappa shape index (κ3) is 3.61. The van der Waals surface area contributed by atoms with Crippen LogP contribution in [0.1, 0.15) is 5.69 Å². The zero-order valence-corrected chi connectivity index (χ0v) is 11.8. The van der Waals surface area contributed by atoms with E-state index in [0.29, 0.717) is 5.69 Å². The Morgan fingerprint density at radius 1 is 1.45 bits per heavy atom. The van der Waals surface area contributed by atoms with Crippen LogP contribution in [0.3, 0.4) is 0 Å². The minimum Gasteiger partial charge on any atom is -0.480 e. The molecule has 0 saturated carbocycles. The third-order valence-corrected chi connectivity index (χ3v) is 4.34. The van der Waals surface area contributed by atoms with Gasteiger partial charge in [-0.25, -0.2) is 14.2 Å². The molecule has 1 unspecified atom stereocenters. The molecule has 2 aromatic heterocycles. The number of aromatic nitrogens is 1. The van der Waals surface area contributed by atoms with Crippen molar-refractivity contribution in [3.05, 3.63) is 28.6 Å². The topological polar surface area (TPSA) is 79.3 Å². The summed E-state index contributed by atoms with van der Waals surface area (Å²) in [6.45, 7) is -1.14. The summed E-state index contributed by atoms with van der Waals surface area (Å²) < 4.78 is 12.4. The summed E-state index contributed by atoms with van der Waals surface area (Å²) in [6, 6.07) is 2.33. The van der Waals surface area contributed by atoms with Crippen molar-refractivity contribution in [1.82, 2.24) is 10.3 Å². The molecule has 0 aliphatic rings. The van der Waals surface area contributed by atoms with E-state index in [4.69, 9.17) is 5.11 Å². The van der Waals surface area contributed by atoms with Crippen molar-refractivity contribution in [2.24, 2.45) is 0 Å². The molecule has 2 N–H and O–H groups in total. The molecular formula is C12H11FN2O3S2. The molecule has 2 rings (SSSR count). The Kier molecular flexibility index (Phi) is 4.80. The first-order chi connectivity index (χ1) is 9.60. The molecular weight excluding hydrogens is 303 g/mol. The molecule has 0 bridgehead atoms. The second-order valence-corrected chi connectivity index (χ2v) is 5.72. The van der Waals surface area contributed by atoms with Crippen LogP contribution in [0.2, 0.25) is 0 Å². The van der Waals surface area contributed by atoms with Crippen LogP contribution in [-0.2, 0) is 16.0 Å². The Bertz CT molecular complexity index is 598. The molecule has 1 atom stereocenters. The number of alkyl halides is 1. The van der Waals surface area contributed by atoms with Gasteiger partial charge in [0, 0.05) is 5.38 Å². The summed E-state index contributed by atoms with van der Waals surface area (Å²) in [5, 5.41) is 15.2. The number of carboxylic acid groups (broad SMARTS) is 1. The number of halogens is 1. The SMILES string of the molecule is O=C(Cc1csc(-c2cccs2)n1)NC(CF)C(=O)O. The number of aliphatic carboxylic acids is 1. The molecule has 0 fully saturated rings. The van der Waals surface area contributed by atoms with Gasteiger partial charge in [-0.3, -0.25) is 4.79 Å². The van der Waals surface area contributed by atoms with Gasteiger partial charge in [-0.15, -0.1) is 22.7 Å². The first-order valence-electron chi connectivity index (χ1n) is 5.66. The van der Waals surface area contributed by atoms with Gasteiger partial charge in [0.05, 0.1) is 17.0 Å². The highest BCUT2D eigenvalue weighted by molar-refractivity contribution is 7.20. The van der Waals surface area contributed by atoms with E-state index in [-0.39, 0.29) is 6.42 Å². The van der Waals surface area contributed by atoms with E-state index >= 15 is 0 Å². The molecule has 1 amide bonds. The lowest BCUT2D eigenvalue weighted by molar-refractivity contribution is -0.142. The van der Waals surface area contributed by atoms with E-state index < -0.39 is 24.6 Å². The summed E-state index contributed by atoms with van der Waals surface area (Å²) in [5.41, 5.74) is 0.541. The number of nitrogens with zero attached hydrogens (tertiary/aromatic N) is 1. The fourth-order valence-electron chi connectivity index (χ4n) is 1.48. The van der Waals surface area contributed by atoms with E-state index in [9.17, 15) is 14.0 Å². The van der Waals surface area contributed by atoms with Gasteiger partial charge in [-0.2, -0.15) is 0 Å². The normalized spacial score (nSPS) is 12.1. The fourth-order valence-corrected chi connectivity index (χ4v) is 3.11. The number of hydrogen-bond donors (Lipinski definition) is 2. The molecule has 0 radical (unpaired) electrons. The van der Waals surface area contributed by atoms with Gasteiger partial charge in [0.25, 0.3) is 0 Å². The lowest BCUT2D eigenvalue weighted by atomic mass is 10.2. The van der Waals surface area contributed by atoms with Gasteiger partial charge in [0.15, 0.2) is 6.04 Å². The summed E-state index contributed by atoms with van der Waals surface area (Å²) in [5.74, 6) is -1.95. The molecule has 2 heterocycles. The van der Waals surface area contributed by atoms with E-state index in [1.54, 1.807) is 16.7 Å². The minimum absolute atomic E-state index is 0.0638. The summed E-state index contributed by atoms with van der Waals surface area (Å²) >= 11 is 2.96. The molecule has 0 spiro atoms. The standard InChI is InChI=1S/C12H11FN2O3S2/c13-5-8(12(17)18)15-10(16)4-7-6-20-11(14-7)9-2-1-3-19-9/h1-3,6,8H,4-5H2,(H,15,16)(H,17,18).